The van der Waals surface area contributed by atoms with E-state index in [9.17, 15) is 4.79 Å². The SMILES string of the molecule is Cc1nccc2c(=O)[nH]ccc12. The predicted octanol–water partition coefficient (Wildman–Crippen LogP) is 1.23. The molecule has 2 aromatic heterocycles. The summed E-state index contributed by atoms with van der Waals surface area (Å²) in [6.07, 6.45) is 3.28. The normalized spacial score (nSPS) is 10.4. The molecule has 0 radical (unpaired) electrons. The molecule has 0 spiro atoms. The van der Waals surface area contributed by atoms with Gasteiger partial charge in [0.05, 0.1) is 5.39 Å². The highest BCUT2D eigenvalue weighted by atomic mass is 16.1. The number of fused-ring (bicyclic) bond motifs is 1. The molecule has 1 N–H and O–H groups in total. The van der Waals surface area contributed by atoms with Crippen LogP contribution in [-0.4, -0.2) is 9.97 Å². The Bertz CT molecular complexity index is 473. The van der Waals surface area contributed by atoms with Crippen LogP contribution in [0.1, 0.15) is 5.69 Å². The van der Waals surface area contributed by atoms with Crippen molar-refractivity contribution in [1.29, 1.82) is 0 Å². The van der Waals surface area contributed by atoms with E-state index in [-0.39, 0.29) is 5.56 Å². The summed E-state index contributed by atoms with van der Waals surface area (Å²) < 4.78 is 0. The molecule has 60 valence electrons. The van der Waals surface area contributed by atoms with Gasteiger partial charge >= 0.3 is 0 Å². The molecule has 0 aliphatic carbocycles. The predicted molar refractivity (Wildman–Crippen MR) is 47.1 cm³/mol. The molecule has 0 bridgehead atoms. The molecule has 3 nitrogen and oxygen atoms in total. The van der Waals surface area contributed by atoms with E-state index < -0.39 is 0 Å². The van der Waals surface area contributed by atoms with Gasteiger partial charge in [-0.1, -0.05) is 0 Å². The fourth-order valence-electron chi connectivity index (χ4n) is 1.26. The number of hydrogen-bond acceptors (Lipinski definition) is 2. The van der Waals surface area contributed by atoms with Gasteiger partial charge in [-0.3, -0.25) is 9.78 Å². The first kappa shape index (κ1) is 7.03. The van der Waals surface area contributed by atoms with Crippen LogP contribution in [0.2, 0.25) is 0 Å². The van der Waals surface area contributed by atoms with Crippen LogP contribution in [0.5, 0.6) is 0 Å². The Morgan fingerprint density at radius 1 is 1.33 bits per heavy atom. The van der Waals surface area contributed by atoms with Crippen LogP contribution in [0.4, 0.5) is 0 Å². The second kappa shape index (κ2) is 2.44. The van der Waals surface area contributed by atoms with Crippen LogP contribution in [0.3, 0.4) is 0 Å². The number of rotatable bonds is 0. The maximum atomic E-state index is 11.2. The fraction of sp³-hybridized carbons (Fsp3) is 0.111. The fourth-order valence-corrected chi connectivity index (χ4v) is 1.26. The van der Waals surface area contributed by atoms with Gasteiger partial charge < -0.3 is 4.98 Å². The molecule has 0 saturated heterocycles. The van der Waals surface area contributed by atoms with Crippen LogP contribution < -0.4 is 5.56 Å². The third kappa shape index (κ3) is 0.906. The summed E-state index contributed by atoms with van der Waals surface area (Å²) in [5, 5.41) is 1.62. The van der Waals surface area contributed by atoms with E-state index in [1.807, 2.05) is 13.0 Å². The van der Waals surface area contributed by atoms with E-state index in [1.54, 1.807) is 18.5 Å². The summed E-state index contributed by atoms with van der Waals surface area (Å²) in [6.45, 7) is 1.89. The van der Waals surface area contributed by atoms with Crippen LogP contribution in [0.25, 0.3) is 10.8 Å². The lowest BCUT2D eigenvalue weighted by Gasteiger charge is -1.97. The monoisotopic (exact) mass is 160 g/mol. The highest BCUT2D eigenvalue weighted by Crippen LogP contribution is 2.09. The third-order valence-corrected chi connectivity index (χ3v) is 1.90. The topological polar surface area (TPSA) is 45.8 Å². The molecule has 12 heavy (non-hydrogen) atoms. The van der Waals surface area contributed by atoms with E-state index in [2.05, 4.69) is 9.97 Å². The Kier molecular flexibility index (Phi) is 1.43. The molecule has 0 atom stereocenters. The molecule has 0 aliphatic rings. The van der Waals surface area contributed by atoms with Gasteiger partial charge in [0.15, 0.2) is 0 Å². The summed E-state index contributed by atoms with van der Waals surface area (Å²) in [4.78, 5) is 18.0. The van der Waals surface area contributed by atoms with E-state index in [1.165, 1.54) is 0 Å². The molecule has 2 aromatic rings. The maximum absolute atomic E-state index is 11.2. The second-order valence-corrected chi connectivity index (χ2v) is 2.66. The van der Waals surface area contributed by atoms with Gasteiger partial charge in [0, 0.05) is 23.5 Å². The average molecular weight is 160 g/mol. The van der Waals surface area contributed by atoms with Crippen molar-refractivity contribution in [1.82, 2.24) is 9.97 Å². The standard InChI is InChI=1S/C9H8N2O/c1-6-7-2-5-11-9(12)8(7)3-4-10-6/h2-5H,1H3,(H,11,12). The molecule has 3 heteroatoms. The first-order valence-corrected chi connectivity index (χ1v) is 3.72. The average Bonchev–Trinajstić information content (AvgIpc) is 2.07. The lowest BCUT2D eigenvalue weighted by molar-refractivity contribution is 1.21. The van der Waals surface area contributed by atoms with Crippen molar-refractivity contribution in [3.63, 3.8) is 0 Å². The lowest BCUT2D eigenvalue weighted by Crippen LogP contribution is -2.05. The molecular weight excluding hydrogens is 152 g/mol. The van der Waals surface area contributed by atoms with Crippen LogP contribution >= 0.6 is 0 Å². The largest absolute Gasteiger partial charge is 0.329 e. The number of H-pyrrole nitrogens is 1. The number of aryl methyl sites for hydroxylation is 1. The maximum Gasteiger partial charge on any atom is 0.255 e. The lowest BCUT2D eigenvalue weighted by atomic mass is 10.2. The molecule has 0 fully saturated rings. The van der Waals surface area contributed by atoms with Gasteiger partial charge in [0.1, 0.15) is 0 Å². The van der Waals surface area contributed by atoms with Crippen molar-refractivity contribution in [3.8, 4) is 0 Å². The molecule has 0 unspecified atom stereocenters. The summed E-state index contributed by atoms with van der Waals surface area (Å²) in [7, 11) is 0. The number of hydrogen-bond donors (Lipinski definition) is 1. The quantitative estimate of drug-likeness (QED) is 0.630. The number of nitrogens with zero attached hydrogens (tertiary/aromatic N) is 1. The molecule has 0 saturated carbocycles. The first-order chi connectivity index (χ1) is 5.79. The van der Waals surface area contributed by atoms with Crippen molar-refractivity contribution in [2.75, 3.05) is 0 Å². The number of pyridine rings is 2. The zero-order chi connectivity index (χ0) is 8.55. The Hall–Kier alpha value is -1.64. The van der Waals surface area contributed by atoms with Gasteiger partial charge in [-0.15, -0.1) is 0 Å². The smallest absolute Gasteiger partial charge is 0.255 e. The summed E-state index contributed by atoms with van der Waals surface area (Å²) in [5.74, 6) is 0. The molecule has 2 rings (SSSR count). The molecule has 0 aliphatic heterocycles. The minimum absolute atomic E-state index is 0.0574. The number of aromatic nitrogens is 2. The van der Waals surface area contributed by atoms with Crippen LogP contribution in [0.15, 0.2) is 29.3 Å². The number of nitrogens with one attached hydrogen (secondary N) is 1. The minimum atomic E-state index is -0.0574. The Morgan fingerprint density at radius 2 is 2.17 bits per heavy atom. The summed E-state index contributed by atoms with van der Waals surface area (Å²) in [5.41, 5.74) is 0.830. The minimum Gasteiger partial charge on any atom is -0.329 e. The van der Waals surface area contributed by atoms with Gasteiger partial charge in [-0.25, -0.2) is 0 Å². The highest BCUT2D eigenvalue weighted by molar-refractivity contribution is 5.82. The Balaban J connectivity index is 3.05. The molecule has 0 amide bonds. The number of aromatic amines is 1. The van der Waals surface area contributed by atoms with Gasteiger partial charge in [-0.05, 0) is 19.1 Å². The van der Waals surface area contributed by atoms with Crippen molar-refractivity contribution in [2.45, 2.75) is 6.92 Å². The molecular formula is C9H8N2O. The van der Waals surface area contributed by atoms with Crippen LogP contribution in [-0.2, 0) is 0 Å². The van der Waals surface area contributed by atoms with E-state index in [0.717, 1.165) is 11.1 Å². The summed E-state index contributed by atoms with van der Waals surface area (Å²) in [6, 6.07) is 3.58. The third-order valence-electron chi connectivity index (χ3n) is 1.90. The van der Waals surface area contributed by atoms with Gasteiger partial charge in [-0.2, -0.15) is 0 Å². The molecule has 0 aromatic carbocycles. The van der Waals surface area contributed by atoms with Gasteiger partial charge in [0.2, 0.25) is 0 Å². The van der Waals surface area contributed by atoms with Crippen LogP contribution in [0, 0.1) is 6.92 Å². The van der Waals surface area contributed by atoms with Crippen molar-refractivity contribution >= 4 is 10.8 Å². The zero-order valence-electron chi connectivity index (χ0n) is 6.66. The highest BCUT2D eigenvalue weighted by Gasteiger charge is 1.98. The zero-order valence-corrected chi connectivity index (χ0v) is 6.66. The summed E-state index contributed by atoms with van der Waals surface area (Å²) >= 11 is 0. The van der Waals surface area contributed by atoms with Crippen molar-refractivity contribution < 1.29 is 0 Å². The van der Waals surface area contributed by atoms with Gasteiger partial charge in [0.25, 0.3) is 5.56 Å². The first-order valence-electron chi connectivity index (χ1n) is 3.72. The van der Waals surface area contributed by atoms with E-state index >= 15 is 0 Å². The van der Waals surface area contributed by atoms with E-state index in [4.69, 9.17) is 0 Å². The molecule has 2 heterocycles. The Morgan fingerprint density at radius 3 is 2.92 bits per heavy atom. The van der Waals surface area contributed by atoms with E-state index in [0.29, 0.717) is 5.39 Å². The Labute approximate surface area is 69.1 Å². The second-order valence-electron chi connectivity index (χ2n) is 2.66. The van der Waals surface area contributed by atoms with Crippen molar-refractivity contribution in [3.05, 3.63) is 40.6 Å². The van der Waals surface area contributed by atoms with Crippen molar-refractivity contribution in [2.24, 2.45) is 0 Å².